The molecule has 0 bridgehead atoms. The minimum atomic E-state index is 0.781. The molecule has 3 aromatic carbocycles. The lowest BCUT2D eigenvalue weighted by molar-refractivity contribution is 0.395. The van der Waals surface area contributed by atoms with Crippen molar-refractivity contribution in [2.75, 3.05) is 26.2 Å². The molecule has 24 heavy (non-hydrogen) atoms. The van der Waals surface area contributed by atoms with E-state index in [1.165, 1.54) is 11.1 Å². The van der Waals surface area contributed by atoms with Gasteiger partial charge in [0.1, 0.15) is 11.5 Å². The third-order valence-corrected chi connectivity index (χ3v) is 4.11. The van der Waals surface area contributed by atoms with Gasteiger partial charge in [-0.3, -0.25) is 0 Å². The lowest BCUT2D eigenvalue weighted by Gasteiger charge is -2.22. The summed E-state index contributed by atoms with van der Waals surface area (Å²) in [5, 5.41) is 0. The van der Waals surface area contributed by atoms with E-state index in [-0.39, 0.29) is 0 Å². The zero-order valence-corrected chi connectivity index (χ0v) is 14.2. The van der Waals surface area contributed by atoms with Crippen molar-refractivity contribution >= 4 is 11.4 Å². The van der Waals surface area contributed by atoms with Gasteiger partial charge in [0.15, 0.2) is 0 Å². The summed E-state index contributed by atoms with van der Waals surface area (Å²) in [7, 11) is 5.35. The molecule has 0 N–H and O–H groups in total. The summed E-state index contributed by atoms with van der Waals surface area (Å²) in [6.45, 7) is 0. The Balaban J connectivity index is 1.89. The second-order valence-corrected chi connectivity index (χ2v) is 5.51. The van der Waals surface area contributed by atoms with Crippen molar-refractivity contribution in [3.63, 3.8) is 0 Å². The molecule has 3 rings (SSSR count). The van der Waals surface area contributed by atoms with Crippen LogP contribution in [0.2, 0.25) is 0 Å². The zero-order chi connectivity index (χ0) is 16.9. The molecule has 0 saturated heterocycles. The summed E-state index contributed by atoms with van der Waals surface area (Å²) >= 11 is 0. The Bertz CT molecular complexity index is 798. The van der Waals surface area contributed by atoms with Gasteiger partial charge < -0.3 is 14.4 Å². The van der Waals surface area contributed by atoms with Crippen molar-refractivity contribution in [3.05, 3.63) is 72.8 Å². The third-order valence-electron chi connectivity index (χ3n) is 4.11. The highest BCUT2D eigenvalue weighted by molar-refractivity contribution is 5.72. The Morgan fingerprint density at radius 2 is 1.38 bits per heavy atom. The standard InChI is InChI=1S/C21H21NO2/c1-22(20-14-13-19(23-2)15-21(20)24-3)18-11-9-17(10-12-18)16-7-5-4-6-8-16/h4-15H,1-3H3. The highest BCUT2D eigenvalue weighted by Gasteiger charge is 2.11. The van der Waals surface area contributed by atoms with Crippen LogP contribution in [-0.2, 0) is 0 Å². The fourth-order valence-corrected chi connectivity index (χ4v) is 2.71. The van der Waals surface area contributed by atoms with Crippen LogP contribution in [0.4, 0.5) is 11.4 Å². The molecule has 3 nitrogen and oxygen atoms in total. The van der Waals surface area contributed by atoms with E-state index in [0.29, 0.717) is 0 Å². The normalized spacial score (nSPS) is 10.3. The highest BCUT2D eigenvalue weighted by Crippen LogP contribution is 2.35. The largest absolute Gasteiger partial charge is 0.497 e. The molecule has 3 heteroatoms. The van der Waals surface area contributed by atoms with Crippen LogP contribution in [0.25, 0.3) is 11.1 Å². The van der Waals surface area contributed by atoms with Crippen molar-refractivity contribution in [3.8, 4) is 22.6 Å². The minimum Gasteiger partial charge on any atom is -0.497 e. The number of nitrogens with zero attached hydrogens (tertiary/aromatic N) is 1. The van der Waals surface area contributed by atoms with E-state index in [1.54, 1.807) is 14.2 Å². The molecule has 0 spiro atoms. The van der Waals surface area contributed by atoms with Crippen molar-refractivity contribution in [2.45, 2.75) is 0 Å². The molecule has 0 aliphatic rings. The summed E-state index contributed by atoms with van der Waals surface area (Å²) < 4.78 is 10.8. The molecule has 0 unspecified atom stereocenters. The maximum atomic E-state index is 5.50. The first-order valence-electron chi connectivity index (χ1n) is 7.84. The third kappa shape index (κ3) is 3.20. The molecule has 0 aliphatic carbocycles. The van der Waals surface area contributed by atoms with Gasteiger partial charge in [-0.2, -0.15) is 0 Å². The van der Waals surface area contributed by atoms with Crippen LogP contribution >= 0.6 is 0 Å². The number of hydrogen-bond acceptors (Lipinski definition) is 3. The molecule has 0 aromatic heterocycles. The van der Waals surface area contributed by atoms with Gasteiger partial charge in [0.25, 0.3) is 0 Å². The number of rotatable bonds is 5. The first kappa shape index (κ1) is 15.9. The first-order chi connectivity index (χ1) is 11.7. The van der Waals surface area contributed by atoms with Gasteiger partial charge in [-0.15, -0.1) is 0 Å². The van der Waals surface area contributed by atoms with Gasteiger partial charge in [-0.25, -0.2) is 0 Å². The monoisotopic (exact) mass is 319 g/mol. The van der Waals surface area contributed by atoms with Crippen LogP contribution in [-0.4, -0.2) is 21.3 Å². The summed E-state index contributed by atoms with van der Waals surface area (Å²) in [6.07, 6.45) is 0. The number of benzene rings is 3. The topological polar surface area (TPSA) is 21.7 Å². The molecule has 0 fully saturated rings. The Labute approximate surface area is 143 Å². The average molecular weight is 319 g/mol. The first-order valence-corrected chi connectivity index (χ1v) is 7.84. The van der Waals surface area contributed by atoms with Crippen molar-refractivity contribution in [1.82, 2.24) is 0 Å². The van der Waals surface area contributed by atoms with Crippen molar-refractivity contribution < 1.29 is 9.47 Å². The van der Waals surface area contributed by atoms with Crippen LogP contribution < -0.4 is 14.4 Å². The Kier molecular flexibility index (Phi) is 4.71. The molecular formula is C21H21NO2. The Morgan fingerprint density at radius 1 is 0.708 bits per heavy atom. The molecule has 0 atom stereocenters. The summed E-state index contributed by atoms with van der Waals surface area (Å²) in [5.41, 5.74) is 4.51. The molecule has 0 amide bonds. The number of hydrogen-bond donors (Lipinski definition) is 0. The van der Waals surface area contributed by atoms with E-state index in [9.17, 15) is 0 Å². The van der Waals surface area contributed by atoms with Gasteiger partial charge in [0.2, 0.25) is 0 Å². The predicted molar refractivity (Wildman–Crippen MR) is 99.5 cm³/mol. The zero-order valence-electron chi connectivity index (χ0n) is 14.2. The molecule has 122 valence electrons. The van der Waals surface area contributed by atoms with E-state index < -0.39 is 0 Å². The number of anilines is 2. The second-order valence-electron chi connectivity index (χ2n) is 5.51. The lowest BCUT2D eigenvalue weighted by Crippen LogP contribution is -2.10. The van der Waals surface area contributed by atoms with Crippen LogP contribution in [0.5, 0.6) is 11.5 Å². The maximum absolute atomic E-state index is 5.50. The highest BCUT2D eigenvalue weighted by atomic mass is 16.5. The Hall–Kier alpha value is -2.94. The van der Waals surface area contributed by atoms with Gasteiger partial charge in [-0.1, -0.05) is 42.5 Å². The average Bonchev–Trinajstić information content (AvgIpc) is 2.67. The van der Waals surface area contributed by atoms with Gasteiger partial charge in [-0.05, 0) is 35.4 Å². The van der Waals surface area contributed by atoms with E-state index in [0.717, 1.165) is 22.9 Å². The van der Waals surface area contributed by atoms with Crippen molar-refractivity contribution in [2.24, 2.45) is 0 Å². The molecule has 3 aromatic rings. The van der Waals surface area contributed by atoms with E-state index >= 15 is 0 Å². The molecular weight excluding hydrogens is 298 g/mol. The minimum absolute atomic E-state index is 0.781. The molecule has 0 radical (unpaired) electrons. The van der Waals surface area contributed by atoms with E-state index in [1.807, 2.05) is 31.3 Å². The second kappa shape index (κ2) is 7.09. The van der Waals surface area contributed by atoms with Crippen molar-refractivity contribution in [1.29, 1.82) is 0 Å². The van der Waals surface area contributed by atoms with Gasteiger partial charge >= 0.3 is 0 Å². The van der Waals surface area contributed by atoms with E-state index in [4.69, 9.17) is 9.47 Å². The van der Waals surface area contributed by atoms with Crippen LogP contribution in [0.15, 0.2) is 72.8 Å². The predicted octanol–water partition coefficient (Wildman–Crippen LogP) is 5.14. The fourth-order valence-electron chi connectivity index (χ4n) is 2.71. The van der Waals surface area contributed by atoms with Gasteiger partial charge in [0.05, 0.1) is 19.9 Å². The van der Waals surface area contributed by atoms with Gasteiger partial charge in [0, 0.05) is 18.8 Å². The summed E-state index contributed by atoms with van der Waals surface area (Å²) in [5.74, 6) is 1.56. The number of methoxy groups -OCH3 is 2. The smallest absolute Gasteiger partial charge is 0.146 e. The molecule has 0 heterocycles. The molecule has 0 saturated carbocycles. The Morgan fingerprint density at radius 3 is 2.00 bits per heavy atom. The number of ether oxygens (including phenoxy) is 2. The fraction of sp³-hybridized carbons (Fsp3) is 0.143. The van der Waals surface area contributed by atoms with E-state index in [2.05, 4.69) is 53.4 Å². The lowest BCUT2D eigenvalue weighted by atomic mass is 10.1. The van der Waals surface area contributed by atoms with Crippen LogP contribution in [0.1, 0.15) is 0 Å². The SMILES string of the molecule is COc1ccc(N(C)c2ccc(-c3ccccc3)cc2)c(OC)c1. The quantitative estimate of drug-likeness (QED) is 0.650. The molecule has 0 aliphatic heterocycles. The summed E-state index contributed by atoms with van der Waals surface area (Å²) in [6, 6.07) is 24.7. The van der Waals surface area contributed by atoms with Crippen LogP contribution in [0.3, 0.4) is 0 Å². The van der Waals surface area contributed by atoms with Crippen LogP contribution in [0, 0.1) is 0 Å². The summed E-state index contributed by atoms with van der Waals surface area (Å²) in [4.78, 5) is 2.10. The maximum Gasteiger partial charge on any atom is 0.146 e.